The summed E-state index contributed by atoms with van der Waals surface area (Å²) in [6, 6.07) is 6.86. The molecule has 0 radical (unpaired) electrons. The van der Waals surface area contributed by atoms with Gasteiger partial charge in [0.25, 0.3) is 5.91 Å². The van der Waals surface area contributed by atoms with Gasteiger partial charge in [0.2, 0.25) is 5.91 Å². The van der Waals surface area contributed by atoms with Crippen LogP contribution in [0.1, 0.15) is 37.4 Å². The minimum Gasteiger partial charge on any atom is -0.394 e. The van der Waals surface area contributed by atoms with Crippen LogP contribution in [0.4, 0.5) is 11.5 Å². The number of likely N-dealkylation sites (N-methyl/N-ethyl adjacent to an activating group) is 1. The SMILES string of the molecule is CCN(CC)CCNC(=O)c1ccc(NC(C)=O)cc1.Nc1ncnc2c1ncn2[C@@H]1O[C@H](CO)[C@@H](O)[C@H]1O. The van der Waals surface area contributed by atoms with Crippen LogP contribution >= 0.6 is 0 Å². The summed E-state index contributed by atoms with van der Waals surface area (Å²) in [5.74, 6) is 0.00319. The molecule has 0 unspecified atom stereocenters. The second kappa shape index (κ2) is 13.9. The number of hydrogen-bond donors (Lipinski definition) is 6. The number of nitrogens with one attached hydrogen (secondary N) is 2. The molecule has 2 amide bonds. The Kier molecular flexibility index (Phi) is 10.7. The minimum absolute atomic E-state index is 0.0912. The quantitative estimate of drug-likeness (QED) is 0.207. The number of aliphatic hydroxyl groups is 3. The Bertz CT molecular complexity index is 1230. The molecule has 1 aromatic carbocycles. The number of carbonyl (C=O) groups excluding carboxylic acids is 2. The molecule has 3 aromatic rings. The van der Waals surface area contributed by atoms with Crippen molar-refractivity contribution in [1.29, 1.82) is 0 Å². The normalized spacial score (nSPS) is 20.5. The maximum atomic E-state index is 11.9. The van der Waals surface area contributed by atoms with Gasteiger partial charge in [0, 0.05) is 31.3 Å². The lowest BCUT2D eigenvalue weighted by molar-refractivity contribution is -0.114. The largest absolute Gasteiger partial charge is 0.394 e. The molecule has 3 heterocycles. The summed E-state index contributed by atoms with van der Waals surface area (Å²) in [6.45, 7) is 8.72. The van der Waals surface area contributed by atoms with Gasteiger partial charge in [0.15, 0.2) is 17.7 Å². The van der Waals surface area contributed by atoms with Gasteiger partial charge in [-0.2, -0.15) is 0 Å². The number of rotatable bonds is 9. The number of anilines is 2. The number of benzene rings is 1. The standard InChI is InChI=1S/C15H23N3O2.C10H13N5O4/c1-4-18(5-2)11-10-16-15(20)13-6-8-14(9-7-13)17-12(3)19;11-8-5-9(13-2-12-8)15(3-14-5)10-7(18)6(17)4(1-16)19-10/h6-9H,4-5,10-11H2,1-3H3,(H,16,20)(H,17,19);2-4,6-7,10,16-18H,1H2,(H2,11,12,13)/t;4-,6-,7-,10-/m.1/s1. The van der Waals surface area contributed by atoms with Gasteiger partial charge >= 0.3 is 0 Å². The molecule has 4 atom stereocenters. The van der Waals surface area contributed by atoms with Crippen LogP contribution in [0.25, 0.3) is 11.2 Å². The first kappa shape index (κ1) is 29.9. The van der Waals surface area contributed by atoms with E-state index in [9.17, 15) is 19.8 Å². The van der Waals surface area contributed by atoms with E-state index in [1.807, 2.05) is 0 Å². The fraction of sp³-hybridized carbons (Fsp3) is 0.480. The monoisotopic (exact) mass is 544 g/mol. The Morgan fingerprint density at radius 3 is 2.38 bits per heavy atom. The van der Waals surface area contributed by atoms with Crippen LogP contribution in [-0.4, -0.2) is 103 Å². The molecule has 14 nitrogen and oxygen atoms in total. The van der Waals surface area contributed by atoms with Gasteiger partial charge in [0.05, 0.1) is 12.9 Å². The maximum Gasteiger partial charge on any atom is 0.251 e. The lowest BCUT2D eigenvalue weighted by Gasteiger charge is -2.17. The number of carbonyl (C=O) groups is 2. The van der Waals surface area contributed by atoms with E-state index in [-0.39, 0.29) is 17.6 Å². The van der Waals surface area contributed by atoms with Crippen molar-refractivity contribution in [3.8, 4) is 0 Å². The molecule has 1 fully saturated rings. The van der Waals surface area contributed by atoms with Gasteiger partial charge in [-0.05, 0) is 37.4 Å². The average Bonchev–Trinajstić information content (AvgIpc) is 3.48. The van der Waals surface area contributed by atoms with Crippen molar-refractivity contribution in [2.75, 3.05) is 43.8 Å². The van der Waals surface area contributed by atoms with E-state index < -0.39 is 31.1 Å². The van der Waals surface area contributed by atoms with Crippen molar-refractivity contribution >= 4 is 34.5 Å². The van der Waals surface area contributed by atoms with Crippen LogP contribution in [-0.2, 0) is 9.53 Å². The molecule has 1 aliphatic heterocycles. The van der Waals surface area contributed by atoms with E-state index in [0.29, 0.717) is 29.0 Å². The molecule has 0 aliphatic carbocycles. The van der Waals surface area contributed by atoms with Crippen molar-refractivity contribution < 1.29 is 29.6 Å². The summed E-state index contributed by atoms with van der Waals surface area (Å²) in [5.41, 5.74) is 7.73. The summed E-state index contributed by atoms with van der Waals surface area (Å²) in [4.78, 5) is 37.0. The number of amides is 2. The first-order valence-electron chi connectivity index (χ1n) is 12.6. The molecular weight excluding hydrogens is 508 g/mol. The van der Waals surface area contributed by atoms with Gasteiger partial charge < -0.3 is 41.3 Å². The van der Waals surface area contributed by atoms with Crippen LogP contribution in [0.3, 0.4) is 0 Å². The van der Waals surface area contributed by atoms with Gasteiger partial charge in [-0.15, -0.1) is 0 Å². The molecule has 14 heteroatoms. The van der Waals surface area contributed by atoms with Gasteiger partial charge in [0.1, 0.15) is 30.2 Å². The highest BCUT2D eigenvalue weighted by molar-refractivity contribution is 5.95. The van der Waals surface area contributed by atoms with Gasteiger partial charge in [-0.3, -0.25) is 14.2 Å². The maximum absolute atomic E-state index is 11.9. The molecule has 7 N–H and O–H groups in total. The summed E-state index contributed by atoms with van der Waals surface area (Å²) < 4.78 is 6.85. The number of nitrogens with zero attached hydrogens (tertiary/aromatic N) is 5. The third kappa shape index (κ3) is 7.46. The number of hydrogen-bond acceptors (Lipinski definition) is 11. The second-order valence-corrected chi connectivity index (χ2v) is 8.85. The van der Waals surface area contributed by atoms with E-state index in [2.05, 4.69) is 44.3 Å². The highest BCUT2D eigenvalue weighted by atomic mass is 16.6. The second-order valence-electron chi connectivity index (χ2n) is 8.85. The number of imidazole rings is 1. The molecule has 2 aromatic heterocycles. The van der Waals surface area contributed by atoms with Gasteiger partial charge in [-0.1, -0.05) is 13.8 Å². The third-order valence-corrected chi connectivity index (χ3v) is 6.25. The zero-order chi connectivity index (χ0) is 28.5. The van der Waals surface area contributed by atoms with E-state index in [1.54, 1.807) is 24.3 Å². The van der Waals surface area contributed by atoms with Crippen molar-refractivity contribution in [2.24, 2.45) is 0 Å². The number of ether oxygens (including phenoxy) is 1. The van der Waals surface area contributed by atoms with Crippen molar-refractivity contribution in [3.05, 3.63) is 42.5 Å². The number of fused-ring (bicyclic) bond motifs is 1. The zero-order valence-electron chi connectivity index (χ0n) is 22.2. The first-order chi connectivity index (χ1) is 18.7. The number of nitrogen functional groups attached to an aromatic ring is 1. The molecule has 212 valence electrons. The van der Waals surface area contributed by atoms with E-state index in [1.165, 1.54) is 24.1 Å². The Labute approximate surface area is 225 Å². The Balaban J connectivity index is 0.000000216. The lowest BCUT2D eigenvalue weighted by atomic mass is 10.1. The predicted octanol–water partition coefficient (Wildman–Crippen LogP) is -0.263. The van der Waals surface area contributed by atoms with Crippen LogP contribution in [0.15, 0.2) is 36.9 Å². The highest BCUT2D eigenvalue weighted by Crippen LogP contribution is 2.31. The summed E-state index contributed by atoms with van der Waals surface area (Å²) in [7, 11) is 0. The molecule has 0 bridgehead atoms. The minimum atomic E-state index is -1.19. The van der Waals surface area contributed by atoms with Crippen LogP contribution in [0.5, 0.6) is 0 Å². The fourth-order valence-electron chi connectivity index (χ4n) is 4.04. The summed E-state index contributed by atoms with van der Waals surface area (Å²) >= 11 is 0. The Morgan fingerprint density at radius 1 is 1.10 bits per heavy atom. The van der Waals surface area contributed by atoms with Crippen LogP contribution in [0, 0.1) is 0 Å². The van der Waals surface area contributed by atoms with Crippen molar-refractivity contribution in [2.45, 2.75) is 45.3 Å². The Morgan fingerprint density at radius 2 is 1.79 bits per heavy atom. The smallest absolute Gasteiger partial charge is 0.251 e. The van der Waals surface area contributed by atoms with E-state index >= 15 is 0 Å². The summed E-state index contributed by atoms with van der Waals surface area (Å²) in [5, 5.41) is 34.3. The molecule has 1 aliphatic rings. The first-order valence-corrected chi connectivity index (χ1v) is 12.6. The molecule has 39 heavy (non-hydrogen) atoms. The molecule has 4 rings (SSSR count). The Hall–Kier alpha value is -3.69. The zero-order valence-corrected chi connectivity index (χ0v) is 22.2. The van der Waals surface area contributed by atoms with Crippen LogP contribution in [0.2, 0.25) is 0 Å². The topological polar surface area (TPSA) is 201 Å². The predicted molar refractivity (Wildman–Crippen MR) is 144 cm³/mol. The third-order valence-electron chi connectivity index (χ3n) is 6.25. The van der Waals surface area contributed by atoms with E-state index in [0.717, 1.165) is 19.6 Å². The lowest BCUT2D eigenvalue weighted by Crippen LogP contribution is -2.34. The fourth-order valence-corrected chi connectivity index (χ4v) is 4.04. The van der Waals surface area contributed by atoms with Crippen molar-refractivity contribution in [1.82, 2.24) is 29.7 Å². The summed E-state index contributed by atoms with van der Waals surface area (Å²) in [6.07, 6.45) is -1.42. The molecular formula is C25H36N8O6. The number of nitrogens with two attached hydrogens (primary N) is 1. The number of aromatic nitrogens is 4. The molecule has 1 saturated heterocycles. The molecule has 0 saturated carbocycles. The van der Waals surface area contributed by atoms with Crippen molar-refractivity contribution in [3.63, 3.8) is 0 Å². The van der Waals surface area contributed by atoms with Gasteiger partial charge in [-0.25, -0.2) is 15.0 Å². The molecule has 0 spiro atoms. The van der Waals surface area contributed by atoms with Crippen LogP contribution < -0.4 is 16.4 Å². The highest BCUT2D eigenvalue weighted by Gasteiger charge is 2.44. The van der Waals surface area contributed by atoms with E-state index in [4.69, 9.17) is 15.6 Å². The number of aliphatic hydroxyl groups excluding tert-OH is 3. The average molecular weight is 545 g/mol.